The molecular weight excluding hydrogens is 194 g/mol. The number of nitrogens with zero attached hydrogens (tertiary/aromatic N) is 1. The van der Waals surface area contributed by atoms with Crippen molar-refractivity contribution in [2.45, 2.75) is 32.4 Å². The van der Waals surface area contributed by atoms with E-state index in [1.807, 2.05) is 11.4 Å². The van der Waals surface area contributed by atoms with Crippen LogP contribution in [0.15, 0.2) is 11.4 Å². The van der Waals surface area contributed by atoms with E-state index < -0.39 is 0 Å². The minimum Gasteiger partial charge on any atom is -0.398 e. The van der Waals surface area contributed by atoms with Crippen LogP contribution in [0.5, 0.6) is 0 Å². The third-order valence-electron chi connectivity index (χ3n) is 2.16. The SMILES string of the molecule is CCC(CC#N)NCc1sccc1N. The predicted octanol–water partition coefficient (Wildman–Crippen LogP) is 2.11. The fourth-order valence-corrected chi connectivity index (χ4v) is 1.95. The standard InChI is InChI=1S/C10H15N3S/c1-2-8(3-5-11)13-7-10-9(12)4-6-14-10/h4,6,8,13H,2-3,7,12H2,1H3. The molecule has 4 heteroatoms. The van der Waals surface area contributed by atoms with Gasteiger partial charge in [0.1, 0.15) is 0 Å². The van der Waals surface area contributed by atoms with Crippen molar-refractivity contribution in [2.24, 2.45) is 0 Å². The van der Waals surface area contributed by atoms with Gasteiger partial charge in [-0.15, -0.1) is 11.3 Å². The van der Waals surface area contributed by atoms with Crippen LogP contribution in [0.1, 0.15) is 24.6 Å². The molecule has 0 amide bonds. The molecule has 0 saturated heterocycles. The average molecular weight is 209 g/mol. The summed E-state index contributed by atoms with van der Waals surface area (Å²) in [5.74, 6) is 0. The monoisotopic (exact) mass is 209 g/mol. The van der Waals surface area contributed by atoms with Gasteiger partial charge in [0.25, 0.3) is 0 Å². The number of nitrogens with two attached hydrogens (primary N) is 1. The van der Waals surface area contributed by atoms with E-state index in [-0.39, 0.29) is 6.04 Å². The minimum absolute atomic E-state index is 0.279. The molecule has 3 nitrogen and oxygen atoms in total. The summed E-state index contributed by atoms with van der Waals surface area (Å²) in [6.45, 7) is 2.84. The lowest BCUT2D eigenvalue weighted by atomic mass is 10.1. The highest BCUT2D eigenvalue weighted by Crippen LogP contribution is 2.18. The maximum atomic E-state index is 8.57. The number of hydrogen-bond donors (Lipinski definition) is 2. The molecule has 76 valence electrons. The van der Waals surface area contributed by atoms with Gasteiger partial charge in [0, 0.05) is 23.2 Å². The summed E-state index contributed by atoms with van der Waals surface area (Å²) in [6.07, 6.45) is 1.53. The van der Waals surface area contributed by atoms with Gasteiger partial charge in [0.15, 0.2) is 0 Å². The van der Waals surface area contributed by atoms with Crippen molar-refractivity contribution in [2.75, 3.05) is 5.73 Å². The van der Waals surface area contributed by atoms with Crippen LogP contribution >= 0.6 is 11.3 Å². The Hall–Kier alpha value is -1.05. The number of rotatable bonds is 5. The van der Waals surface area contributed by atoms with Crippen LogP contribution in [0, 0.1) is 11.3 Å². The predicted molar refractivity (Wildman–Crippen MR) is 59.9 cm³/mol. The Morgan fingerprint density at radius 3 is 3.00 bits per heavy atom. The Balaban J connectivity index is 2.40. The normalized spacial score (nSPS) is 12.3. The first-order valence-electron chi connectivity index (χ1n) is 4.70. The van der Waals surface area contributed by atoms with Crippen LogP contribution < -0.4 is 11.1 Å². The molecule has 0 aliphatic rings. The van der Waals surface area contributed by atoms with Gasteiger partial charge in [-0.25, -0.2) is 0 Å². The van der Waals surface area contributed by atoms with E-state index in [4.69, 9.17) is 11.0 Å². The van der Waals surface area contributed by atoms with Crippen molar-refractivity contribution in [1.29, 1.82) is 5.26 Å². The summed E-state index contributed by atoms with van der Waals surface area (Å²) in [7, 11) is 0. The summed E-state index contributed by atoms with van der Waals surface area (Å²) in [4.78, 5) is 1.15. The molecule has 3 N–H and O–H groups in total. The van der Waals surface area contributed by atoms with Crippen molar-refractivity contribution in [3.63, 3.8) is 0 Å². The number of nitriles is 1. The second-order valence-corrected chi connectivity index (χ2v) is 4.15. The summed E-state index contributed by atoms with van der Waals surface area (Å²) >= 11 is 1.65. The van der Waals surface area contributed by atoms with Crippen LogP contribution in [-0.2, 0) is 6.54 Å². The fourth-order valence-electron chi connectivity index (χ4n) is 1.20. The molecule has 0 fully saturated rings. The molecule has 14 heavy (non-hydrogen) atoms. The van der Waals surface area contributed by atoms with Crippen LogP contribution in [0.4, 0.5) is 5.69 Å². The van der Waals surface area contributed by atoms with Crippen molar-refractivity contribution in [1.82, 2.24) is 5.32 Å². The highest BCUT2D eigenvalue weighted by molar-refractivity contribution is 7.10. The van der Waals surface area contributed by atoms with Crippen molar-refractivity contribution in [3.05, 3.63) is 16.3 Å². The molecule has 0 aromatic carbocycles. The second kappa shape index (κ2) is 5.63. The molecule has 1 heterocycles. The van der Waals surface area contributed by atoms with Gasteiger partial charge in [0.05, 0.1) is 12.5 Å². The molecule has 1 aromatic heterocycles. The highest BCUT2D eigenvalue weighted by atomic mass is 32.1. The number of anilines is 1. The third kappa shape index (κ3) is 3.02. The topological polar surface area (TPSA) is 61.8 Å². The molecule has 0 aliphatic heterocycles. The maximum Gasteiger partial charge on any atom is 0.0638 e. The number of thiophene rings is 1. The Morgan fingerprint density at radius 2 is 2.50 bits per heavy atom. The molecule has 1 atom stereocenters. The lowest BCUT2D eigenvalue weighted by Gasteiger charge is -2.12. The molecule has 0 saturated carbocycles. The fraction of sp³-hybridized carbons (Fsp3) is 0.500. The molecular formula is C10H15N3S. The largest absolute Gasteiger partial charge is 0.398 e. The zero-order valence-corrected chi connectivity index (χ0v) is 9.10. The molecule has 0 aliphatic carbocycles. The Bertz CT molecular complexity index is 313. The first-order chi connectivity index (χ1) is 6.77. The smallest absolute Gasteiger partial charge is 0.0638 e. The molecule has 1 rings (SSSR count). The lowest BCUT2D eigenvalue weighted by Crippen LogP contribution is -2.27. The first kappa shape index (κ1) is 11.0. The van der Waals surface area contributed by atoms with E-state index in [0.717, 1.165) is 23.5 Å². The van der Waals surface area contributed by atoms with Gasteiger partial charge in [-0.2, -0.15) is 5.26 Å². The zero-order chi connectivity index (χ0) is 10.4. The van der Waals surface area contributed by atoms with E-state index >= 15 is 0 Å². The summed E-state index contributed by atoms with van der Waals surface area (Å²) in [5, 5.41) is 13.9. The first-order valence-corrected chi connectivity index (χ1v) is 5.58. The Morgan fingerprint density at radius 1 is 1.71 bits per heavy atom. The van der Waals surface area contributed by atoms with Gasteiger partial charge < -0.3 is 11.1 Å². The molecule has 0 spiro atoms. The van der Waals surface area contributed by atoms with Gasteiger partial charge in [-0.05, 0) is 17.9 Å². The Kier molecular flexibility index (Phi) is 4.44. The second-order valence-electron chi connectivity index (χ2n) is 3.15. The average Bonchev–Trinajstić information content (AvgIpc) is 2.59. The van der Waals surface area contributed by atoms with Gasteiger partial charge in [-0.3, -0.25) is 0 Å². The van der Waals surface area contributed by atoms with E-state index in [1.54, 1.807) is 11.3 Å². The lowest BCUT2D eigenvalue weighted by molar-refractivity contribution is 0.508. The van der Waals surface area contributed by atoms with Crippen LogP contribution in [0.2, 0.25) is 0 Å². The molecule has 0 radical (unpaired) electrons. The Labute approximate surface area is 88.5 Å². The maximum absolute atomic E-state index is 8.57. The highest BCUT2D eigenvalue weighted by Gasteiger charge is 2.06. The van der Waals surface area contributed by atoms with E-state index in [9.17, 15) is 0 Å². The number of nitrogen functional groups attached to an aromatic ring is 1. The van der Waals surface area contributed by atoms with Crippen LogP contribution in [0.25, 0.3) is 0 Å². The van der Waals surface area contributed by atoms with Crippen molar-refractivity contribution >= 4 is 17.0 Å². The summed E-state index contributed by atoms with van der Waals surface area (Å²) in [5.41, 5.74) is 6.59. The number of hydrogen-bond acceptors (Lipinski definition) is 4. The minimum atomic E-state index is 0.279. The third-order valence-corrected chi connectivity index (χ3v) is 3.10. The van der Waals surface area contributed by atoms with Crippen molar-refractivity contribution in [3.8, 4) is 6.07 Å². The summed E-state index contributed by atoms with van der Waals surface area (Å²) < 4.78 is 0. The zero-order valence-electron chi connectivity index (χ0n) is 8.29. The van der Waals surface area contributed by atoms with Gasteiger partial charge in [0.2, 0.25) is 0 Å². The molecule has 1 aromatic rings. The van der Waals surface area contributed by atoms with Gasteiger partial charge >= 0.3 is 0 Å². The van der Waals surface area contributed by atoms with E-state index in [2.05, 4.69) is 18.3 Å². The van der Waals surface area contributed by atoms with E-state index in [1.165, 1.54) is 0 Å². The van der Waals surface area contributed by atoms with E-state index in [0.29, 0.717) is 6.42 Å². The number of nitrogens with one attached hydrogen (secondary N) is 1. The van der Waals surface area contributed by atoms with Crippen LogP contribution in [0.3, 0.4) is 0 Å². The van der Waals surface area contributed by atoms with Crippen LogP contribution in [-0.4, -0.2) is 6.04 Å². The van der Waals surface area contributed by atoms with Crippen molar-refractivity contribution < 1.29 is 0 Å². The van der Waals surface area contributed by atoms with Gasteiger partial charge in [-0.1, -0.05) is 6.92 Å². The summed E-state index contributed by atoms with van der Waals surface area (Å²) in [6, 6.07) is 4.36. The molecule has 0 bridgehead atoms. The molecule has 1 unspecified atom stereocenters. The quantitative estimate of drug-likeness (QED) is 0.780.